The summed E-state index contributed by atoms with van der Waals surface area (Å²) < 4.78 is 0. The summed E-state index contributed by atoms with van der Waals surface area (Å²) in [7, 11) is 0. The highest BCUT2D eigenvalue weighted by Crippen LogP contribution is 2.28. The molecule has 0 atom stereocenters. The normalized spacial score (nSPS) is 11.7. The summed E-state index contributed by atoms with van der Waals surface area (Å²) in [5.41, 5.74) is 8.21. The van der Waals surface area contributed by atoms with Crippen LogP contribution in [-0.4, -0.2) is 11.5 Å². The molecule has 18 heavy (non-hydrogen) atoms. The maximum absolute atomic E-state index is 5.96. The Balaban J connectivity index is 2.21. The Kier molecular flexibility index (Phi) is 3.41. The van der Waals surface area contributed by atoms with Gasteiger partial charge >= 0.3 is 0 Å². The molecule has 0 bridgehead atoms. The fourth-order valence-corrected chi connectivity index (χ4v) is 1.94. The van der Waals surface area contributed by atoms with Crippen LogP contribution in [0.2, 0.25) is 0 Å². The molecule has 0 aliphatic carbocycles. The third kappa shape index (κ3) is 2.92. The van der Waals surface area contributed by atoms with Gasteiger partial charge in [0.05, 0.1) is 0 Å². The second-order valence-corrected chi connectivity index (χ2v) is 5.86. The van der Waals surface area contributed by atoms with Crippen LogP contribution in [0.1, 0.15) is 27.2 Å². The molecule has 0 radical (unpaired) electrons. The number of hydrogen-bond donors (Lipinski definition) is 2. The highest BCUT2D eigenvalue weighted by atomic mass is 14.9. The third-order valence-corrected chi connectivity index (χ3v) is 3.04. The van der Waals surface area contributed by atoms with Crippen LogP contribution in [0.15, 0.2) is 30.6 Å². The molecular weight excluding hydrogens is 222 g/mol. The molecule has 1 aromatic carbocycles. The number of fused-ring (bicyclic) bond motifs is 1. The molecule has 0 aliphatic rings. The molecule has 0 amide bonds. The molecule has 0 saturated carbocycles. The number of benzene rings is 1. The Morgan fingerprint density at radius 2 is 1.94 bits per heavy atom. The first-order valence-corrected chi connectivity index (χ1v) is 6.33. The van der Waals surface area contributed by atoms with Gasteiger partial charge in [-0.3, -0.25) is 4.98 Å². The molecule has 0 aliphatic heterocycles. The zero-order valence-corrected chi connectivity index (χ0v) is 11.3. The lowest BCUT2D eigenvalue weighted by molar-refractivity contribution is 0.390. The summed E-state index contributed by atoms with van der Waals surface area (Å²) in [6, 6.07) is 5.98. The van der Waals surface area contributed by atoms with Gasteiger partial charge in [0.1, 0.15) is 0 Å². The average molecular weight is 243 g/mol. The predicted octanol–water partition coefficient (Wildman–Crippen LogP) is 3.67. The summed E-state index contributed by atoms with van der Waals surface area (Å²) in [6.45, 7) is 7.71. The van der Waals surface area contributed by atoms with Gasteiger partial charge in [0.2, 0.25) is 0 Å². The lowest BCUT2D eigenvalue weighted by Crippen LogP contribution is -2.13. The number of pyridine rings is 1. The van der Waals surface area contributed by atoms with E-state index < -0.39 is 0 Å². The topological polar surface area (TPSA) is 50.9 Å². The van der Waals surface area contributed by atoms with E-state index in [0.717, 1.165) is 35.1 Å². The van der Waals surface area contributed by atoms with E-state index in [1.807, 2.05) is 24.4 Å². The number of rotatable bonds is 3. The van der Waals surface area contributed by atoms with Crippen LogP contribution in [0.4, 0.5) is 11.4 Å². The number of aromatic nitrogens is 1. The summed E-state index contributed by atoms with van der Waals surface area (Å²) in [5.74, 6) is 0. The minimum absolute atomic E-state index is 0.345. The van der Waals surface area contributed by atoms with Crippen LogP contribution < -0.4 is 11.1 Å². The highest BCUT2D eigenvalue weighted by molar-refractivity contribution is 6.00. The summed E-state index contributed by atoms with van der Waals surface area (Å²) in [6.07, 6.45) is 4.75. The molecule has 2 aromatic rings. The average Bonchev–Trinajstić information content (AvgIpc) is 2.31. The molecule has 0 unspecified atom stereocenters. The molecule has 3 heteroatoms. The van der Waals surface area contributed by atoms with E-state index in [1.165, 1.54) is 0 Å². The summed E-state index contributed by atoms with van der Waals surface area (Å²) >= 11 is 0. The first-order chi connectivity index (χ1) is 8.47. The molecule has 1 heterocycles. The zero-order valence-electron chi connectivity index (χ0n) is 11.3. The maximum atomic E-state index is 5.96. The first-order valence-electron chi connectivity index (χ1n) is 6.33. The molecule has 3 N–H and O–H groups in total. The van der Waals surface area contributed by atoms with Crippen molar-refractivity contribution in [2.75, 3.05) is 17.6 Å². The summed E-state index contributed by atoms with van der Waals surface area (Å²) in [4.78, 5) is 4.13. The van der Waals surface area contributed by atoms with Crippen molar-refractivity contribution in [1.82, 2.24) is 4.98 Å². The fourth-order valence-electron chi connectivity index (χ4n) is 1.94. The van der Waals surface area contributed by atoms with Crippen molar-refractivity contribution < 1.29 is 0 Å². The minimum Gasteiger partial charge on any atom is -0.398 e. The molecule has 3 nitrogen and oxygen atoms in total. The molecule has 96 valence electrons. The lowest BCUT2D eigenvalue weighted by atomic mass is 9.92. The van der Waals surface area contributed by atoms with Crippen molar-refractivity contribution in [2.24, 2.45) is 5.41 Å². The van der Waals surface area contributed by atoms with Gasteiger partial charge in [-0.1, -0.05) is 20.8 Å². The quantitative estimate of drug-likeness (QED) is 0.809. The Labute approximate surface area is 108 Å². The SMILES string of the molecule is CC(C)(C)CCNc1ccc(N)c2cnccc12. The monoisotopic (exact) mass is 243 g/mol. The van der Waals surface area contributed by atoms with Crippen LogP contribution in [-0.2, 0) is 0 Å². The fraction of sp³-hybridized carbons (Fsp3) is 0.400. The van der Waals surface area contributed by atoms with Crippen molar-refractivity contribution in [2.45, 2.75) is 27.2 Å². The maximum Gasteiger partial charge on any atom is 0.0422 e. The lowest BCUT2D eigenvalue weighted by Gasteiger charge is -2.19. The van der Waals surface area contributed by atoms with Crippen LogP contribution in [0.25, 0.3) is 10.8 Å². The largest absolute Gasteiger partial charge is 0.398 e. The van der Waals surface area contributed by atoms with E-state index >= 15 is 0 Å². The summed E-state index contributed by atoms with van der Waals surface area (Å²) in [5, 5.41) is 5.64. The molecule has 0 fully saturated rings. The smallest absolute Gasteiger partial charge is 0.0422 e. The number of hydrogen-bond acceptors (Lipinski definition) is 3. The molecule has 2 rings (SSSR count). The van der Waals surface area contributed by atoms with E-state index in [1.54, 1.807) is 6.20 Å². The Hall–Kier alpha value is -1.77. The second kappa shape index (κ2) is 4.84. The van der Waals surface area contributed by atoms with Crippen molar-refractivity contribution in [3.8, 4) is 0 Å². The van der Waals surface area contributed by atoms with Crippen LogP contribution in [0.5, 0.6) is 0 Å². The van der Waals surface area contributed by atoms with Gasteiger partial charge in [-0.25, -0.2) is 0 Å². The Morgan fingerprint density at radius 3 is 2.67 bits per heavy atom. The molecule has 0 saturated heterocycles. The van der Waals surface area contributed by atoms with Crippen molar-refractivity contribution in [3.63, 3.8) is 0 Å². The van der Waals surface area contributed by atoms with Crippen LogP contribution in [0, 0.1) is 5.41 Å². The highest BCUT2D eigenvalue weighted by Gasteiger charge is 2.10. The number of nitrogens with zero attached hydrogens (tertiary/aromatic N) is 1. The Morgan fingerprint density at radius 1 is 1.17 bits per heavy atom. The van der Waals surface area contributed by atoms with Crippen LogP contribution >= 0.6 is 0 Å². The van der Waals surface area contributed by atoms with E-state index in [2.05, 4.69) is 31.1 Å². The van der Waals surface area contributed by atoms with Gasteiger partial charge in [-0.05, 0) is 30.0 Å². The number of nitrogen functional groups attached to an aromatic ring is 1. The minimum atomic E-state index is 0.345. The van der Waals surface area contributed by atoms with Gasteiger partial charge < -0.3 is 11.1 Å². The first kappa shape index (κ1) is 12.7. The van der Waals surface area contributed by atoms with Crippen molar-refractivity contribution in [3.05, 3.63) is 30.6 Å². The second-order valence-electron chi connectivity index (χ2n) is 5.86. The van der Waals surface area contributed by atoms with Gasteiger partial charge in [0, 0.05) is 41.1 Å². The van der Waals surface area contributed by atoms with E-state index in [9.17, 15) is 0 Å². The predicted molar refractivity (Wildman–Crippen MR) is 78.7 cm³/mol. The van der Waals surface area contributed by atoms with Crippen LogP contribution in [0.3, 0.4) is 0 Å². The van der Waals surface area contributed by atoms with Gasteiger partial charge in [-0.15, -0.1) is 0 Å². The molecule has 0 spiro atoms. The van der Waals surface area contributed by atoms with Crippen molar-refractivity contribution in [1.29, 1.82) is 0 Å². The molecule has 1 aromatic heterocycles. The standard InChI is InChI=1S/C15H21N3/c1-15(2,3)7-9-18-14-5-4-13(16)12-10-17-8-6-11(12)14/h4-6,8,10,18H,7,9,16H2,1-3H3. The number of nitrogens with one attached hydrogen (secondary N) is 1. The number of nitrogens with two attached hydrogens (primary N) is 1. The molecular formula is C15H21N3. The van der Waals surface area contributed by atoms with Gasteiger partial charge in [-0.2, -0.15) is 0 Å². The number of anilines is 2. The van der Waals surface area contributed by atoms with E-state index in [4.69, 9.17) is 5.73 Å². The van der Waals surface area contributed by atoms with Gasteiger partial charge in [0.15, 0.2) is 0 Å². The Bertz CT molecular complexity index is 541. The third-order valence-electron chi connectivity index (χ3n) is 3.04. The van der Waals surface area contributed by atoms with E-state index in [0.29, 0.717) is 5.41 Å². The van der Waals surface area contributed by atoms with Gasteiger partial charge in [0.25, 0.3) is 0 Å². The zero-order chi connectivity index (χ0) is 13.2. The van der Waals surface area contributed by atoms with Crippen molar-refractivity contribution >= 4 is 22.1 Å². The van der Waals surface area contributed by atoms with E-state index in [-0.39, 0.29) is 0 Å².